The van der Waals surface area contributed by atoms with Crippen LogP contribution in [0.4, 0.5) is 5.69 Å². The highest BCUT2D eigenvalue weighted by atomic mass is 16.5. The Bertz CT molecular complexity index is 1060. The summed E-state index contributed by atoms with van der Waals surface area (Å²) in [7, 11) is 1.55. The number of carbonyl (C=O) groups excluding carboxylic acids is 1. The molecular weight excluding hydrogens is 382 g/mol. The molecule has 0 spiro atoms. The first-order valence-electron chi connectivity index (χ1n) is 9.23. The maximum absolute atomic E-state index is 12.2. The second-order valence-corrected chi connectivity index (χ2v) is 6.36. The van der Waals surface area contributed by atoms with Gasteiger partial charge in [0.2, 0.25) is 5.91 Å². The lowest BCUT2D eigenvalue weighted by atomic mass is 10.1. The molecule has 2 N–H and O–H groups in total. The third-order valence-electron chi connectivity index (χ3n) is 4.27. The predicted molar refractivity (Wildman–Crippen MR) is 115 cm³/mol. The molecule has 0 saturated heterocycles. The van der Waals surface area contributed by atoms with Crippen LogP contribution in [-0.2, 0) is 11.4 Å². The van der Waals surface area contributed by atoms with Gasteiger partial charge in [-0.1, -0.05) is 48.5 Å². The van der Waals surface area contributed by atoms with Gasteiger partial charge in [-0.15, -0.1) is 0 Å². The Balaban J connectivity index is 1.67. The summed E-state index contributed by atoms with van der Waals surface area (Å²) in [6, 6.07) is 21.4. The molecule has 0 bridgehead atoms. The molecule has 3 aromatic carbocycles. The van der Waals surface area contributed by atoms with Crippen molar-refractivity contribution in [1.29, 1.82) is 0 Å². The first-order valence-corrected chi connectivity index (χ1v) is 9.23. The number of nitrogens with one attached hydrogen (secondary N) is 1. The van der Waals surface area contributed by atoms with Crippen molar-refractivity contribution in [2.24, 2.45) is 0 Å². The minimum Gasteiger partial charge on any atom is -0.493 e. The maximum Gasteiger partial charge on any atom is 0.337 e. The van der Waals surface area contributed by atoms with Gasteiger partial charge in [-0.05, 0) is 41.5 Å². The molecule has 3 aromatic rings. The second kappa shape index (κ2) is 9.93. The summed E-state index contributed by atoms with van der Waals surface area (Å²) in [5, 5.41) is 11.8. The Hall–Kier alpha value is -4.06. The number of hydrogen-bond donors (Lipinski definition) is 2. The summed E-state index contributed by atoms with van der Waals surface area (Å²) in [6.07, 6.45) is 2.94. The molecule has 3 rings (SSSR count). The smallest absolute Gasteiger partial charge is 0.337 e. The number of hydrogen-bond acceptors (Lipinski definition) is 4. The van der Waals surface area contributed by atoms with Crippen molar-refractivity contribution in [1.82, 2.24) is 0 Å². The third kappa shape index (κ3) is 5.48. The molecule has 30 heavy (non-hydrogen) atoms. The Morgan fingerprint density at radius 2 is 1.70 bits per heavy atom. The first kappa shape index (κ1) is 20.7. The van der Waals surface area contributed by atoms with Crippen LogP contribution in [0.1, 0.15) is 21.5 Å². The van der Waals surface area contributed by atoms with Crippen LogP contribution in [0.25, 0.3) is 6.08 Å². The van der Waals surface area contributed by atoms with Crippen LogP contribution in [0.5, 0.6) is 11.5 Å². The summed E-state index contributed by atoms with van der Waals surface area (Å²) in [5.41, 5.74) is 2.05. The molecule has 6 nitrogen and oxygen atoms in total. The van der Waals surface area contributed by atoms with E-state index in [-0.39, 0.29) is 11.3 Å². The zero-order valence-electron chi connectivity index (χ0n) is 16.4. The van der Waals surface area contributed by atoms with E-state index >= 15 is 0 Å². The zero-order valence-corrected chi connectivity index (χ0v) is 16.4. The molecule has 0 aliphatic heterocycles. The average Bonchev–Trinajstić information content (AvgIpc) is 2.77. The SMILES string of the molecule is COc1cc(/C=C/C(=O)Nc2ccccc2C(=O)O)ccc1OCc1ccccc1. The first-order chi connectivity index (χ1) is 14.6. The lowest BCUT2D eigenvalue weighted by Gasteiger charge is -2.11. The fraction of sp³-hybridized carbons (Fsp3) is 0.0833. The highest BCUT2D eigenvalue weighted by molar-refractivity contribution is 6.06. The molecule has 0 aliphatic carbocycles. The normalized spacial score (nSPS) is 10.6. The van der Waals surface area contributed by atoms with Crippen LogP contribution in [0.15, 0.2) is 78.9 Å². The van der Waals surface area contributed by atoms with Gasteiger partial charge in [0.25, 0.3) is 0 Å². The van der Waals surface area contributed by atoms with E-state index in [0.717, 1.165) is 11.1 Å². The molecule has 1 amide bonds. The van der Waals surface area contributed by atoms with E-state index in [1.54, 1.807) is 43.5 Å². The number of amides is 1. The van der Waals surface area contributed by atoms with Crippen LogP contribution >= 0.6 is 0 Å². The van der Waals surface area contributed by atoms with Gasteiger partial charge in [-0.3, -0.25) is 4.79 Å². The maximum atomic E-state index is 12.2. The highest BCUT2D eigenvalue weighted by Crippen LogP contribution is 2.29. The third-order valence-corrected chi connectivity index (χ3v) is 4.27. The summed E-state index contributed by atoms with van der Waals surface area (Å²) in [4.78, 5) is 23.4. The van der Waals surface area contributed by atoms with E-state index in [9.17, 15) is 14.7 Å². The summed E-state index contributed by atoms with van der Waals surface area (Å²) >= 11 is 0. The van der Waals surface area contributed by atoms with Gasteiger partial charge in [-0.2, -0.15) is 0 Å². The standard InChI is InChI=1S/C24H21NO5/c1-29-22-15-17(11-13-21(22)30-16-18-7-3-2-4-8-18)12-14-23(26)25-20-10-6-5-9-19(20)24(27)28/h2-15H,16H2,1H3,(H,25,26)(H,27,28)/b14-12+. The number of carbonyl (C=O) groups is 2. The van der Waals surface area contributed by atoms with Crippen LogP contribution in [0.3, 0.4) is 0 Å². The molecule has 0 heterocycles. The molecule has 0 radical (unpaired) electrons. The van der Waals surface area contributed by atoms with Crippen molar-refractivity contribution in [3.63, 3.8) is 0 Å². The summed E-state index contributed by atoms with van der Waals surface area (Å²) < 4.78 is 11.2. The number of methoxy groups -OCH3 is 1. The van der Waals surface area contributed by atoms with E-state index in [1.807, 2.05) is 30.3 Å². The topological polar surface area (TPSA) is 84.9 Å². The van der Waals surface area contributed by atoms with E-state index in [1.165, 1.54) is 18.2 Å². The van der Waals surface area contributed by atoms with E-state index in [2.05, 4.69) is 5.32 Å². The van der Waals surface area contributed by atoms with Crippen molar-refractivity contribution in [3.8, 4) is 11.5 Å². The summed E-state index contributed by atoms with van der Waals surface area (Å²) in [5.74, 6) is -0.402. The van der Waals surface area contributed by atoms with Crippen molar-refractivity contribution < 1.29 is 24.2 Å². The minimum atomic E-state index is -1.11. The highest BCUT2D eigenvalue weighted by Gasteiger charge is 2.10. The van der Waals surface area contributed by atoms with Gasteiger partial charge in [0.15, 0.2) is 11.5 Å². The van der Waals surface area contributed by atoms with Gasteiger partial charge in [0.1, 0.15) is 6.61 Å². The molecule has 0 saturated carbocycles. The second-order valence-electron chi connectivity index (χ2n) is 6.36. The number of para-hydroxylation sites is 1. The van der Waals surface area contributed by atoms with Crippen molar-refractivity contribution in [3.05, 3.63) is 95.6 Å². The number of carboxylic acids is 1. The number of anilines is 1. The quantitative estimate of drug-likeness (QED) is 0.536. The van der Waals surface area contributed by atoms with Gasteiger partial charge >= 0.3 is 5.97 Å². The number of benzene rings is 3. The lowest BCUT2D eigenvalue weighted by molar-refractivity contribution is -0.111. The molecule has 0 aromatic heterocycles. The van der Waals surface area contributed by atoms with Crippen molar-refractivity contribution in [2.45, 2.75) is 6.61 Å². The molecular formula is C24H21NO5. The Morgan fingerprint density at radius 3 is 2.43 bits per heavy atom. The van der Waals surface area contributed by atoms with E-state index in [4.69, 9.17) is 9.47 Å². The molecule has 152 valence electrons. The largest absolute Gasteiger partial charge is 0.493 e. The average molecular weight is 403 g/mol. The van der Waals surface area contributed by atoms with Crippen LogP contribution in [0.2, 0.25) is 0 Å². The molecule has 0 fully saturated rings. The van der Waals surface area contributed by atoms with E-state index < -0.39 is 11.9 Å². The molecule has 6 heteroatoms. The van der Waals surface area contributed by atoms with Crippen LogP contribution in [-0.4, -0.2) is 24.1 Å². The van der Waals surface area contributed by atoms with E-state index in [0.29, 0.717) is 18.1 Å². The minimum absolute atomic E-state index is 0.0286. The van der Waals surface area contributed by atoms with Gasteiger partial charge in [0, 0.05) is 6.08 Å². The van der Waals surface area contributed by atoms with Crippen molar-refractivity contribution >= 4 is 23.6 Å². The molecule has 0 unspecified atom stereocenters. The number of aromatic carboxylic acids is 1. The fourth-order valence-electron chi connectivity index (χ4n) is 2.77. The predicted octanol–water partition coefficient (Wildman–Crippen LogP) is 4.62. The van der Waals surface area contributed by atoms with Gasteiger partial charge < -0.3 is 19.9 Å². The Morgan fingerprint density at radius 1 is 0.967 bits per heavy atom. The van der Waals surface area contributed by atoms with Crippen LogP contribution in [0, 0.1) is 0 Å². The van der Waals surface area contributed by atoms with Crippen molar-refractivity contribution in [2.75, 3.05) is 12.4 Å². The number of ether oxygens (including phenoxy) is 2. The fourth-order valence-corrected chi connectivity index (χ4v) is 2.77. The van der Waals surface area contributed by atoms with Crippen LogP contribution < -0.4 is 14.8 Å². The molecule has 0 atom stereocenters. The van der Waals surface area contributed by atoms with Gasteiger partial charge in [0.05, 0.1) is 18.4 Å². The zero-order chi connectivity index (χ0) is 21.3. The number of carboxylic acid groups (broad SMARTS) is 1. The lowest BCUT2D eigenvalue weighted by Crippen LogP contribution is -2.11. The Labute approximate surface area is 174 Å². The van der Waals surface area contributed by atoms with Gasteiger partial charge in [-0.25, -0.2) is 4.79 Å². The monoisotopic (exact) mass is 403 g/mol. The number of rotatable bonds is 8. The Kier molecular flexibility index (Phi) is 6.84. The summed E-state index contributed by atoms with van der Waals surface area (Å²) in [6.45, 7) is 0.414. The molecule has 0 aliphatic rings.